The first-order valence-electron chi connectivity index (χ1n) is 4.59. The van der Waals surface area contributed by atoms with Crippen LogP contribution in [0, 0.1) is 0 Å². The molecule has 0 unspecified atom stereocenters. The van der Waals surface area contributed by atoms with Crippen molar-refractivity contribution in [3.05, 3.63) is 40.9 Å². The average Bonchev–Trinajstić information content (AvgIpc) is 2.25. The summed E-state index contributed by atoms with van der Waals surface area (Å²) in [7, 11) is 1.56. The topological polar surface area (TPSA) is 67.5 Å². The number of hydrogen-bond donors (Lipinski definition) is 2. The van der Waals surface area contributed by atoms with Gasteiger partial charge in [-0.3, -0.25) is 10.3 Å². The minimum atomic E-state index is -0.649. The summed E-state index contributed by atoms with van der Waals surface area (Å²) >= 11 is 5.95. The van der Waals surface area contributed by atoms with E-state index in [4.69, 9.17) is 17.3 Å². The minimum absolute atomic E-state index is 0. The Bertz CT molecular complexity index is 444. The number of benzene rings is 1. The Morgan fingerprint density at radius 1 is 1.47 bits per heavy atom. The van der Waals surface area contributed by atoms with E-state index in [1.165, 1.54) is 0 Å². The van der Waals surface area contributed by atoms with Crippen LogP contribution in [0.2, 0.25) is 5.02 Å². The summed E-state index contributed by atoms with van der Waals surface area (Å²) in [5, 5.41) is 3.01. The zero-order valence-corrected chi connectivity index (χ0v) is 10.8. The smallest absolute Gasteiger partial charge is 0.317 e. The number of carbonyl (C=O) groups is 1. The highest BCUT2D eigenvalue weighted by Gasteiger charge is 1.97. The standard InChI is InChI=1S/C11H12ClN3O.ClH/c1-14-10(15-11(13)16)7-6-8-4-2-3-5-9(8)12;/h2-7H,1H3,(H3,13,14,15,16);1H. The molecule has 1 rings (SSSR count). The van der Waals surface area contributed by atoms with Gasteiger partial charge in [-0.2, -0.15) is 0 Å². The second kappa shape index (κ2) is 7.70. The molecule has 0 aliphatic heterocycles. The van der Waals surface area contributed by atoms with Gasteiger partial charge in [0, 0.05) is 12.1 Å². The summed E-state index contributed by atoms with van der Waals surface area (Å²) in [6, 6.07) is 6.71. The molecule has 0 bridgehead atoms. The van der Waals surface area contributed by atoms with Crippen molar-refractivity contribution in [2.45, 2.75) is 0 Å². The first kappa shape index (κ1) is 15.5. The molecule has 0 aliphatic carbocycles. The summed E-state index contributed by atoms with van der Waals surface area (Å²) in [5.41, 5.74) is 5.82. The lowest BCUT2D eigenvalue weighted by Gasteiger charge is -2.00. The van der Waals surface area contributed by atoms with Crippen molar-refractivity contribution in [2.75, 3.05) is 7.05 Å². The van der Waals surface area contributed by atoms with Crippen LogP contribution in [0.15, 0.2) is 35.3 Å². The van der Waals surface area contributed by atoms with E-state index in [9.17, 15) is 4.79 Å². The fraction of sp³-hybridized carbons (Fsp3) is 0.0909. The van der Waals surface area contributed by atoms with Crippen molar-refractivity contribution < 1.29 is 4.79 Å². The van der Waals surface area contributed by atoms with Crippen LogP contribution in [0.25, 0.3) is 6.08 Å². The van der Waals surface area contributed by atoms with E-state index in [0.29, 0.717) is 10.9 Å². The zero-order valence-electron chi connectivity index (χ0n) is 9.18. The Morgan fingerprint density at radius 3 is 2.65 bits per heavy atom. The molecule has 6 heteroatoms. The van der Waals surface area contributed by atoms with Crippen LogP contribution in [0.1, 0.15) is 5.56 Å². The SMILES string of the molecule is CN=C(C=Cc1ccccc1Cl)NC(N)=O.Cl. The van der Waals surface area contributed by atoms with Gasteiger partial charge in [0.15, 0.2) is 0 Å². The highest BCUT2D eigenvalue weighted by molar-refractivity contribution is 6.32. The number of hydrogen-bond acceptors (Lipinski definition) is 2. The van der Waals surface area contributed by atoms with Crippen LogP contribution in [-0.4, -0.2) is 18.9 Å². The number of amidine groups is 1. The predicted octanol–water partition coefficient (Wildman–Crippen LogP) is 2.47. The van der Waals surface area contributed by atoms with Crippen LogP contribution in [0.4, 0.5) is 4.79 Å². The monoisotopic (exact) mass is 273 g/mol. The van der Waals surface area contributed by atoms with Gasteiger partial charge < -0.3 is 5.73 Å². The van der Waals surface area contributed by atoms with Gasteiger partial charge in [0.1, 0.15) is 5.84 Å². The fourth-order valence-corrected chi connectivity index (χ4v) is 1.28. The quantitative estimate of drug-likeness (QED) is 0.631. The van der Waals surface area contributed by atoms with Crippen LogP contribution in [0.5, 0.6) is 0 Å². The lowest BCUT2D eigenvalue weighted by Crippen LogP contribution is -2.33. The molecule has 1 aromatic rings. The maximum Gasteiger partial charge on any atom is 0.317 e. The number of amides is 2. The molecule has 0 radical (unpaired) electrons. The molecule has 0 saturated heterocycles. The lowest BCUT2D eigenvalue weighted by molar-refractivity contribution is 0.253. The molecular formula is C11H13Cl2N3O. The molecule has 0 fully saturated rings. The van der Waals surface area contributed by atoms with Crippen LogP contribution in [-0.2, 0) is 0 Å². The highest BCUT2D eigenvalue weighted by Crippen LogP contribution is 2.15. The molecule has 92 valence electrons. The number of rotatable bonds is 2. The van der Waals surface area contributed by atoms with Gasteiger partial charge in [-0.25, -0.2) is 4.79 Å². The fourth-order valence-electron chi connectivity index (χ4n) is 1.08. The van der Waals surface area contributed by atoms with Gasteiger partial charge in [0.25, 0.3) is 0 Å². The van der Waals surface area contributed by atoms with Gasteiger partial charge in [0.2, 0.25) is 0 Å². The Morgan fingerprint density at radius 2 is 2.12 bits per heavy atom. The second-order valence-corrected chi connectivity index (χ2v) is 3.36. The summed E-state index contributed by atoms with van der Waals surface area (Å²) in [5.74, 6) is 0.382. The number of nitrogens with two attached hydrogens (primary N) is 1. The normalized spacial score (nSPS) is 11.1. The first-order valence-corrected chi connectivity index (χ1v) is 4.97. The van der Waals surface area contributed by atoms with Crippen LogP contribution >= 0.6 is 24.0 Å². The lowest BCUT2D eigenvalue weighted by atomic mass is 10.2. The molecular weight excluding hydrogens is 261 g/mol. The average molecular weight is 274 g/mol. The van der Waals surface area contributed by atoms with Gasteiger partial charge in [0.05, 0.1) is 0 Å². The number of primary amides is 1. The maximum atomic E-state index is 10.6. The third kappa shape index (κ3) is 5.38. The van der Waals surface area contributed by atoms with Crippen molar-refractivity contribution in [2.24, 2.45) is 10.7 Å². The number of halogens is 2. The molecule has 4 nitrogen and oxygen atoms in total. The van der Waals surface area contributed by atoms with Gasteiger partial charge in [-0.05, 0) is 23.8 Å². The molecule has 0 saturated carbocycles. The van der Waals surface area contributed by atoms with Crippen molar-refractivity contribution in [3.8, 4) is 0 Å². The van der Waals surface area contributed by atoms with E-state index >= 15 is 0 Å². The summed E-state index contributed by atoms with van der Waals surface area (Å²) in [6.07, 6.45) is 3.38. The number of carbonyl (C=O) groups excluding carboxylic acids is 1. The van der Waals surface area contributed by atoms with Gasteiger partial charge in [-0.15, -0.1) is 12.4 Å². The highest BCUT2D eigenvalue weighted by atomic mass is 35.5. The van der Waals surface area contributed by atoms with Crippen molar-refractivity contribution in [1.82, 2.24) is 5.32 Å². The predicted molar refractivity (Wildman–Crippen MR) is 73.8 cm³/mol. The number of aliphatic imine (C=N–C) groups is 1. The molecule has 0 atom stereocenters. The van der Waals surface area contributed by atoms with E-state index in [1.807, 2.05) is 18.2 Å². The Balaban J connectivity index is 0.00000256. The summed E-state index contributed by atoms with van der Waals surface area (Å²) in [4.78, 5) is 14.5. The van der Waals surface area contributed by atoms with E-state index in [-0.39, 0.29) is 12.4 Å². The van der Waals surface area contributed by atoms with Gasteiger partial charge >= 0.3 is 6.03 Å². The van der Waals surface area contributed by atoms with E-state index in [2.05, 4.69) is 10.3 Å². The largest absolute Gasteiger partial charge is 0.351 e. The zero-order chi connectivity index (χ0) is 12.0. The van der Waals surface area contributed by atoms with Crippen LogP contribution < -0.4 is 11.1 Å². The van der Waals surface area contributed by atoms with Crippen molar-refractivity contribution in [1.29, 1.82) is 0 Å². The second-order valence-electron chi connectivity index (χ2n) is 2.95. The van der Waals surface area contributed by atoms with Crippen molar-refractivity contribution in [3.63, 3.8) is 0 Å². The Hall–Kier alpha value is -1.52. The molecule has 0 spiro atoms. The minimum Gasteiger partial charge on any atom is -0.351 e. The molecule has 0 aromatic heterocycles. The van der Waals surface area contributed by atoms with E-state index in [1.54, 1.807) is 25.3 Å². The Labute approximate surface area is 111 Å². The third-order valence-corrected chi connectivity index (χ3v) is 2.16. The van der Waals surface area contributed by atoms with Gasteiger partial charge in [-0.1, -0.05) is 29.8 Å². The van der Waals surface area contributed by atoms with Crippen molar-refractivity contribution >= 4 is 42.0 Å². The Kier molecular flexibility index (Phi) is 7.02. The van der Waals surface area contributed by atoms with Crippen LogP contribution in [0.3, 0.4) is 0 Å². The molecule has 17 heavy (non-hydrogen) atoms. The molecule has 0 heterocycles. The summed E-state index contributed by atoms with van der Waals surface area (Å²) in [6.45, 7) is 0. The molecule has 1 aromatic carbocycles. The first-order chi connectivity index (χ1) is 7.63. The molecule has 3 N–H and O–H groups in total. The number of nitrogens with zero attached hydrogens (tertiary/aromatic N) is 1. The van der Waals surface area contributed by atoms with E-state index in [0.717, 1.165) is 5.56 Å². The maximum absolute atomic E-state index is 10.6. The van der Waals surface area contributed by atoms with E-state index < -0.39 is 6.03 Å². The third-order valence-electron chi connectivity index (χ3n) is 1.82. The molecule has 0 aliphatic rings. The summed E-state index contributed by atoms with van der Waals surface area (Å²) < 4.78 is 0. The number of urea groups is 1. The molecule has 2 amide bonds. The number of nitrogens with one attached hydrogen (secondary N) is 1.